The number of rotatable bonds is 3. The normalized spacial score (nSPS) is 54.8. The van der Waals surface area contributed by atoms with Crippen molar-refractivity contribution >= 4 is 5.97 Å². The highest BCUT2D eigenvalue weighted by Crippen LogP contribution is 2.75. The summed E-state index contributed by atoms with van der Waals surface area (Å²) in [5.41, 5.74) is -0.198. The van der Waals surface area contributed by atoms with Gasteiger partial charge >= 0.3 is 5.97 Å². The summed E-state index contributed by atoms with van der Waals surface area (Å²) in [6.45, 7) is 5.01. The lowest BCUT2D eigenvalue weighted by Gasteiger charge is -2.59. The monoisotopic (exact) mass is 364 g/mol. The Bertz CT molecular complexity index is 675. The van der Waals surface area contributed by atoms with E-state index in [1.165, 1.54) is 0 Å². The van der Waals surface area contributed by atoms with Crippen molar-refractivity contribution in [2.24, 2.45) is 22.7 Å². The van der Waals surface area contributed by atoms with Gasteiger partial charge in [-0.3, -0.25) is 0 Å². The largest absolute Gasteiger partial charge is 0.458 e. The molecule has 144 valence electrons. The number of esters is 1. The molecule has 0 unspecified atom stereocenters. The fraction of sp³-hybridized carbons (Fsp3) is 0.850. The van der Waals surface area contributed by atoms with Crippen LogP contribution in [0.1, 0.15) is 52.4 Å². The van der Waals surface area contributed by atoms with Gasteiger partial charge in [-0.15, -0.1) is 0 Å². The summed E-state index contributed by atoms with van der Waals surface area (Å²) < 4.78 is 16.6. The van der Waals surface area contributed by atoms with Crippen molar-refractivity contribution in [1.82, 2.24) is 0 Å². The summed E-state index contributed by atoms with van der Waals surface area (Å²) in [5.74, 6) is 0.476. The van der Waals surface area contributed by atoms with E-state index in [1.54, 1.807) is 6.08 Å². The number of carbonyl (C=O) groups is 1. The molecule has 3 heterocycles. The fourth-order valence-electron chi connectivity index (χ4n) is 6.84. The first kappa shape index (κ1) is 17.2. The minimum Gasteiger partial charge on any atom is -0.458 e. The van der Waals surface area contributed by atoms with Crippen molar-refractivity contribution in [1.29, 1.82) is 0 Å². The van der Waals surface area contributed by atoms with Gasteiger partial charge in [0.2, 0.25) is 0 Å². The molecule has 2 saturated carbocycles. The molecule has 3 aliphatic heterocycles. The molecular formula is C20H28O6. The van der Waals surface area contributed by atoms with E-state index in [4.69, 9.17) is 14.2 Å². The highest BCUT2D eigenvalue weighted by atomic mass is 16.7. The molecular weight excluding hydrogens is 336 g/mol. The van der Waals surface area contributed by atoms with Gasteiger partial charge in [-0.1, -0.05) is 13.8 Å². The van der Waals surface area contributed by atoms with Gasteiger partial charge in [0.15, 0.2) is 18.2 Å². The van der Waals surface area contributed by atoms with Crippen LogP contribution in [0, 0.1) is 22.7 Å². The quantitative estimate of drug-likeness (QED) is 0.587. The van der Waals surface area contributed by atoms with Gasteiger partial charge in [0, 0.05) is 6.08 Å². The van der Waals surface area contributed by atoms with Crippen LogP contribution in [0.4, 0.5) is 0 Å². The van der Waals surface area contributed by atoms with Crippen LogP contribution in [0.2, 0.25) is 0 Å². The van der Waals surface area contributed by atoms with Crippen LogP contribution in [0.3, 0.4) is 0 Å². The molecule has 0 amide bonds. The molecule has 0 aromatic rings. The van der Waals surface area contributed by atoms with E-state index in [2.05, 4.69) is 13.8 Å². The lowest BCUT2D eigenvalue weighted by atomic mass is 9.44. The van der Waals surface area contributed by atoms with Crippen molar-refractivity contribution in [3.05, 3.63) is 11.6 Å². The Balaban J connectivity index is 1.48. The number of hydrogen-bond donors (Lipinski definition) is 2. The molecule has 5 rings (SSSR count). The first-order valence-corrected chi connectivity index (χ1v) is 9.90. The SMILES string of the molecule is C[C@H]1CC[C@@]23[C@H](O)O[C@@H](O)[C@]24O[C@@H]4CC[C@H]3[C@]1(C)CCC1=CC(=O)OC1. The van der Waals surface area contributed by atoms with Gasteiger partial charge in [0.05, 0.1) is 11.5 Å². The van der Waals surface area contributed by atoms with Crippen LogP contribution >= 0.6 is 0 Å². The lowest BCUT2D eigenvalue weighted by Crippen LogP contribution is -2.61. The van der Waals surface area contributed by atoms with Crippen molar-refractivity contribution < 1.29 is 29.2 Å². The lowest BCUT2D eigenvalue weighted by molar-refractivity contribution is -0.212. The molecule has 26 heavy (non-hydrogen) atoms. The van der Waals surface area contributed by atoms with E-state index < -0.39 is 23.6 Å². The second-order valence-corrected chi connectivity index (χ2v) is 9.27. The summed E-state index contributed by atoms with van der Waals surface area (Å²) in [7, 11) is 0. The summed E-state index contributed by atoms with van der Waals surface area (Å²) in [5, 5.41) is 21.4. The summed E-state index contributed by atoms with van der Waals surface area (Å²) in [4.78, 5) is 11.4. The Morgan fingerprint density at radius 2 is 2.04 bits per heavy atom. The Kier molecular flexibility index (Phi) is 3.51. The zero-order valence-corrected chi connectivity index (χ0v) is 15.4. The van der Waals surface area contributed by atoms with Crippen LogP contribution in [-0.4, -0.2) is 47.1 Å². The first-order valence-electron chi connectivity index (χ1n) is 9.90. The fourth-order valence-corrected chi connectivity index (χ4v) is 6.84. The maximum atomic E-state index is 11.4. The third kappa shape index (κ3) is 1.89. The molecule has 4 fully saturated rings. The van der Waals surface area contributed by atoms with E-state index in [-0.39, 0.29) is 23.4 Å². The third-order valence-electron chi connectivity index (χ3n) is 8.51. The second kappa shape index (κ2) is 5.31. The summed E-state index contributed by atoms with van der Waals surface area (Å²) in [6, 6.07) is 0. The number of carbonyl (C=O) groups excluding carboxylic acids is 1. The third-order valence-corrected chi connectivity index (χ3v) is 8.51. The maximum Gasteiger partial charge on any atom is 0.331 e. The second-order valence-electron chi connectivity index (χ2n) is 9.27. The number of hydrogen-bond acceptors (Lipinski definition) is 6. The molecule has 2 N–H and O–H groups in total. The van der Waals surface area contributed by atoms with Gasteiger partial charge < -0.3 is 24.4 Å². The minimum atomic E-state index is -1.04. The van der Waals surface area contributed by atoms with Crippen molar-refractivity contribution in [2.45, 2.75) is 76.7 Å². The number of ether oxygens (including phenoxy) is 3. The number of aliphatic hydroxyl groups excluding tert-OH is 2. The van der Waals surface area contributed by atoms with Crippen molar-refractivity contribution in [3.8, 4) is 0 Å². The Labute approximate surface area is 153 Å². The molecule has 5 aliphatic rings. The topological polar surface area (TPSA) is 88.5 Å². The molecule has 2 spiro atoms. The average Bonchev–Trinajstić information content (AvgIpc) is 3.17. The summed E-state index contributed by atoms with van der Waals surface area (Å²) in [6.07, 6.45) is 5.07. The van der Waals surface area contributed by atoms with Crippen molar-refractivity contribution in [3.63, 3.8) is 0 Å². The predicted molar refractivity (Wildman–Crippen MR) is 90.6 cm³/mol. The van der Waals surface area contributed by atoms with Gasteiger partial charge in [-0.25, -0.2) is 4.79 Å². The van der Waals surface area contributed by atoms with Gasteiger partial charge in [-0.2, -0.15) is 0 Å². The first-order chi connectivity index (χ1) is 12.3. The number of cyclic esters (lactones) is 1. The zero-order valence-electron chi connectivity index (χ0n) is 15.4. The molecule has 0 aromatic carbocycles. The van der Waals surface area contributed by atoms with Gasteiger partial charge in [-0.05, 0) is 61.3 Å². The highest BCUT2D eigenvalue weighted by molar-refractivity contribution is 5.85. The molecule has 0 radical (unpaired) electrons. The molecule has 8 atom stereocenters. The minimum absolute atomic E-state index is 0.00659. The van der Waals surface area contributed by atoms with E-state index in [0.29, 0.717) is 12.5 Å². The van der Waals surface area contributed by atoms with Crippen molar-refractivity contribution in [2.75, 3.05) is 6.61 Å². The summed E-state index contributed by atoms with van der Waals surface area (Å²) >= 11 is 0. The smallest absolute Gasteiger partial charge is 0.331 e. The average molecular weight is 364 g/mol. The van der Waals surface area contributed by atoms with E-state index >= 15 is 0 Å². The van der Waals surface area contributed by atoms with Crippen LogP contribution in [0.5, 0.6) is 0 Å². The Morgan fingerprint density at radius 3 is 2.77 bits per heavy atom. The molecule has 6 nitrogen and oxygen atoms in total. The molecule has 2 saturated heterocycles. The van der Waals surface area contributed by atoms with Gasteiger partial charge in [0.1, 0.15) is 6.61 Å². The van der Waals surface area contributed by atoms with Crippen LogP contribution in [-0.2, 0) is 19.0 Å². The van der Waals surface area contributed by atoms with E-state index in [1.807, 2.05) is 0 Å². The van der Waals surface area contributed by atoms with Crippen LogP contribution in [0.25, 0.3) is 0 Å². The molecule has 0 bridgehead atoms. The Hall–Kier alpha value is -0.950. The molecule has 0 aromatic heterocycles. The predicted octanol–water partition coefficient (Wildman–Crippen LogP) is 1.89. The Morgan fingerprint density at radius 1 is 1.23 bits per heavy atom. The zero-order chi connectivity index (χ0) is 18.3. The molecule has 6 heteroatoms. The van der Waals surface area contributed by atoms with Crippen LogP contribution < -0.4 is 0 Å². The number of epoxide rings is 1. The van der Waals surface area contributed by atoms with E-state index in [9.17, 15) is 15.0 Å². The van der Waals surface area contributed by atoms with Crippen LogP contribution in [0.15, 0.2) is 11.6 Å². The standard InChI is InChI=1S/C20H28O6/c1-11-5-8-19-13(18(11,2)7-6-12-9-15(21)24-10-12)3-4-14-20(19,26-14)17(23)25-16(19)22/h9,11,13-14,16-17,22-23H,3-8,10H2,1-2H3/t11-,13-,14+,16+,17+,18+,19+,20-/m0/s1. The highest BCUT2D eigenvalue weighted by Gasteiger charge is 2.84. The van der Waals surface area contributed by atoms with E-state index in [0.717, 1.165) is 44.1 Å². The maximum absolute atomic E-state index is 11.4. The van der Waals surface area contributed by atoms with Gasteiger partial charge in [0.25, 0.3) is 0 Å². The molecule has 2 aliphatic carbocycles. The number of aliphatic hydroxyl groups is 2.